The molecule has 4 amide bonds. The number of nitrogens with zero attached hydrogens (tertiary/aromatic N) is 4. The second kappa shape index (κ2) is 6.42. The summed E-state index contributed by atoms with van der Waals surface area (Å²) in [5.74, 6) is -0.0148. The van der Waals surface area contributed by atoms with Crippen molar-refractivity contribution < 1.29 is 14.4 Å². The Labute approximate surface area is 143 Å². The summed E-state index contributed by atoms with van der Waals surface area (Å²) >= 11 is 1.20. The van der Waals surface area contributed by atoms with Crippen LogP contribution in [0.5, 0.6) is 0 Å². The predicted octanol–water partition coefficient (Wildman–Crippen LogP) is 0.502. The summed E-state index contributed by atoms with van der Waals surface area (Å²) in [7, 11) is 1.81. The highest BCUT2D eigenvalue weighted by atomic mass is 32.2. The zero-order valence-electron chi connectivity index (χ0n) is 13.7. The number of urea groups is 1. The van der Waals surface area contributed by atoms with Gasteiger partial charge in [0.05, 0.1) is 5.75 Å². The van der Waals surface area contributed by atoms with Crippen LogP contribution in [0.1, 0.15) is 37.9 Å². The molecule has 0 bridgehead atoms. The topological polar surface area (TPSA) is 109 Å². The maximum atomic E-state index is 12.6. The van der Waals surface area contributed by atoms with E-state index in [1.165, 1.54) is 11.8 Å². The molecule has 3 rings (SSSR count). The van der Waals surface area contributed by atoms with Crippen molar-refractivity contribution in [1.82, 2.24) is 30.5 Å². The molecule has 2 fully saturated rings. The first-order chi connectivity index (χ1) is 11.4. The summed E-state index contributed by atoms with van der Waals surface area (Å²) in [6, 6.07) is -0.560. The minimum absolute atomic E-state index is 0.0377. The van der Waals surface area contributed by atoms with Crippen LogP contribution in [0.25, 0.3) is 0 Å². The smallest absolute Gasteiger partial charge is 0.322 e. The van der Waals surface area contributed by atoms with Gasteiger partial charge in [-0.2, -0.15) is 5.01 Å². The Kier molecular flexibility index (Phi) is 4.48. The molecule has 1 spiro atoms. The second-order valence-corrected chi connectivity index (χ2v) is 7.07. The largest absolute Gasteiger partial charge is 0.344 e. The zero-order valence-corrected chi connectivity index (χ0v) is 14.5. The number of rotatable bonds is 4. The average Bonchev–Trinajstić information content (AvgIpc) is 2.99. The van der Waals surface area contributed by atoms with Gasteiger partial charge in [-0.05, 0) is 19.8 Å². The summed E-state index contributed by atoms with van der Waals surface area (Å²) in [5, 5.41) is 12.0. The van der Waals surface area contributed by atoms with E-state index in [0.29, 0.717) is 18.0 Å². The Bertz CT molecular complexity index is 682. The van der Waals surface area contributed by atoms with E-state index < -0.39 is 17.5 Å². The Morgan fingerprint density at radius 1 is 1.29 bits per heavy atom. The van der Waals surface area contributed by atoms with Gasteiger partial charge in [-0.25, -0.2) is 4.79 Å². The van der Waals surface area contributed by atoms with Crippen molar-refractivity contribution in [3.8, 4) is 0 Å². The van der Waals surface area contributed by atoms with Crippen LogP contribution in [0, 0.1) is 6.92 Å². The summed E-state index contributed by atoms with van der Waals surface area (Å²) in [6.45, 7) is 1.81. The molecule has 0 unspecified atom stereocenters. The number of hydrogen-bond donors (Lipinski definition) is 2. The van der Waals surface area contributed by atoms with E-state index in [9.17, 15) is 14.4 Å². The van der Waals surface area contributed by atoms with Gasteiger partial charge in [0, 0.05) is 7.05 Å². The molecule has 2 heterocycles. The molecular formula is C14H20N6O3S. The van der Waals surface area contributed by atoms with Crippen LogP contribution < -0.4 is 10.7 Å². The molecule has 1 saturated carbocycles. The number of hydrogen-bond acceptors (Lipinski definition) is 6. The minimum atomic E-state index is -0.837. The second-order valence-electron chi connectivity index (χ2n) is 6.13. The fourth-order valence-electron chi connectivity index (χ4n) is 3.02. The van der Waals surface area contributed by atoms with Crippen molar-refractivity contribution in [3.05, 3.63) is 5.82 Å². The highest BCUT2D eigenvalue weighted by molar-refractivity contribution is 7.99. The summed E-state index contributed by atoms with van der Waals surface area (Å²) < 4.78 is 1.77. The van der Waals surface area contributed by atoms with Crippen molar-refractivity contribution in [3.63, 3.8) is 0 Å². The number of thioether (sulfide) groups is 1. The zero-order chi connectivity index (χ0) is 17.3. The number of aromatic nitrogens is 3. The molecule has 2 aliphatic rings. The van der Waals surface area contributed by atoms with Crippen molar-refractivity contribution in [2.75, 3.05) is 5.75 Å². The molecule has 130 valence electrons. The molecule has 1 saturated heterocycles. The number of amides is 4. The van der Waals surface area contributed by atoms with Gasteiger partial charge in [-0.1, -0.05) is 31.0 Å². The van der Waals surface area contributed by atoms with Crippen LogP contribution in [0.3, 0.4) is 0 Å². The van der Waals surface area contributed by atoms with E-state index in [1.54, 1.807) is 11.6 Å². The lowest BCUT2D eigenvalue weighted by molar-refractivity contribution is -0.139. The van der Waals surface area contributed by atoms with Crippen LogP contribution in [0.4, 0.5) is 4.79 Å². The molecule has 0 atom stereocenters. The highest BCUT2D eigenvalue weighted by Gasteiger charge is 2.52. The Morgan fingerprint density at radius 2 is 2.00 bits per heavy atom. The van der Waals surface area contributed by atoms with E-state index in [4.69, 9.17) is 0 Å². The highest BCUT2D eigenvalue weighted by Crippen LogP contribution is 2.33. The molecule has 1 aliphatic heterocycles. The normalized spacial score (nSPS) is 19.7. The van der Waals surface area contributed by atoms with E-state index in [2.05, 4.69) is 20.9 Å². The number of carbonyl (C=O) groups excluding carboxylic acids is 3. The van der Waals surface area contributed by atoms with Gasteiger partial charge < -0.3 is 9.88 Å². The number of imide groups is 1. The summed E-state index contributed by atoms with van der Waals surface area (Å²) in [4.78, 5) is 36.7. The average molecular weight is 352 g/mol. The van der Waals surface area contributed by atoms with Gasteiger partial charge in [-0.3, -0.25) is 15.0 Å². The number of nitrogens with one attached hydrogen (secondary N) is 2. The van der Waals surface area contributed by atoms with Crippen LogP contribution in [0.2, 0.25) is 0 Å². The third-order valence-electron chi connectivity index (χ3n) is 4.49. The molecule has 1 aromatic heterocycles. The quantitative estimate of drug-likeness (QED) is 0.603. The minimum Gasteiger partial charge on any atom is -0.322 e. The molecule has 10 heteroatoms. The molecule has 2 N–H and O–H groups in total. The van der Waals surface area contributed by atoms with Crippen molar-refractivity contribution in [2.24, 2.45) is 7.05 Å². The number of hydrazine groups is 1. The van der Waals surface area contributed by atoms with Gasteiger partial charge >= 0.3 is 6.03 Å². The molecule has 1 aliphatic carbocycles. The first kappa shape index (κ1) is 16.7. The summed E-state index contributed by atoms with van der Waals surface area (Å²) in [6.07, 6.45) is 4.10. The van der Waals surface area contributed by atoms with Crippen LogP contribution in [-0.4, -0.2) is 48.9 Å². The van der Waals surface area contributed by atoms with E-state index >= 15 is 0 Å². The first-order valence-corrected chi connectivity index (χ1v) is 8.86. The third-order valence-corrected chi connectivity index (χ3v) is 5.51. The van der Waals surface area contributed by atoms with Gasteiger partial charge in [0.25, 0.3) is 5.91 Å². The first-order valence-electron chi connectivity index (χ1n) is 7.88. The fraction of sp³-hybridized carbons (Fsp3) is 0.643. The van der Waals surface area contributed by atoms with E-state index in [-0.39, 0.29) is 11.7 Å². The number of aryl methyl sites for hydroxylation is 1. The van der Waals surface area contributed by atoms with Crippen molar-refractivity contribution in [2.45, 2.75) is 49.7 Å². The lowest BCUT2D eigenvalue weighted by Gasteiger charge is -2.30. The van der Waals surface area contributed by atoms with Gasteiger partial charge in [0.1, 0.15) is 11.4 Å². The van der Waals surface area contributed by atoms with E-state index in [0.717, 1.165) is 30.1 Å². The maximum absolute atomic E-state index is 12.6. The Morgan fingerprint density at radius 3 is 2.62 bits per heavy atom. The van der Waals surface area contributed by atoms with Crippen LogP contribution in [0.15, 0.2) is 5.16 Å². The van der Waals surface area contributed by atoms with Crippen LogP contribution >= 0.6 is 11.8 Å². The molecule has 0 aromatic carbocycles. The standard InChI is InChI=1S/C14H20N6O3S/c1-9-16-17-13(19(9)2)24-8-10(21)18-20-11(22)14(15-12(20)23)6-4-3-5-7-14/h3-8H2,1-2H3,(H,15,23)(H,18,21). The number of carbonyl (C=O) groups is 3. The van der Waals surface area contributed by atoms with Gasteiger partial charge in [0.2, 0.25) is 5.91 Å². The van der Waals surface area contributed by atoms with E-state index in [1.807, 2.05) is 6.92 Å². The van der Waals surface area contributed by atoms with Crippen molar-refractivity contribution >= 4 is 29.6 Å². The Hall–Kier alpha value is -2.10. The molecular weight excluding hydrogens is 332 g/mol. The third kappa shape index (κ3) is 2.97. The molecule has 0 radical (unpaired) electrons. The van der Waals surface area contributed by atoms with Crippen molar-refractivity contribution in [1.29, 1.82) is 0 Å². The SMILES string of the molecule is Cc1nnc(SCC(=O)NN2C(=O)NC3(CCCCC3)C2=O)n1C. The lowest BCUT2D eigenvalue weighted by Crippen LogP contribution is -2.51. The Balaban J connectivity index is 1.59. The predicted molar refractivity (Wildman–Crippen MR) is 85.8 cm³/mol. The molecule has 24 heavy (non-hydrogen) atoms. The molecule has 9 nitrogen and oxygen atoms in total. The van der Waals surface area contributed by atoms with Gasteiger partial charge in [0.15, 0.2) is 5.16 Å². The maximum Gasteiger partial charge on any atom is 0.344 e. The van der Waals surface area contributed by atoms with Crippen LogP contribution in [-0.2, 0) is 16.6 Å². The monoisotopic (exact) mass is 352 g/mol. The summed E-state index contributed by atoms with van der Waals surface area (Å²) in [5.41, 5.74) is 1.56. The molecule has 1 aromatic rings. The van der Waals surface area contributed by atoms with Gasteiger partial charge in [-0.15, -0.1) is 10.2 Å². The fourth-order valence-corrected chi connectivity index (χ4v) is 3.77. The lowest BCUT2D eigenvalue weighted by atomic mass is 9.82.